The van der Waals surface area contributed by atoms with Crippen molar-refractivity contribution in [1.82, 2.24) is 5.48 Å². The van der Waals surface area contributed by atoms with E-state index in [4.69, 9.17) is 9.57 Å². The first-order valence-corrected chi connectivity index (χ1v) is 7.80. The van der Waals surface area contributed by atoms with Crippen molar-refractivity contribution in [2.24, 2.45) is 0 Å². The Morgan fingerprint density at radius 3 is 2.14 bits per heavy atom. The van der Waals surface area contributed by atoms with Crippen molar-refractivity contribution in [3.8, 4) is 0 Å². The molecule has 0 aliphatic heterocycles. The number of rotatable bonds is 11. The topological polar surface area (TPSA) is 64.6 Å². The molecule has 1 N–H and O–H groups in total. The predicted octanol–water partition coefficient (Wildman–Crippen LogP) is 3.25. The Hall–Kier alpha value is -1.88. The summed E-state index contributed by atoms with van der Waals surface area (Å²) in [4.78, 5) is 27.4. The van der Waals surface area contributed by atoms with Gasteiger partial charge in [0.1, 0.15) is 0 Å². The molecule has 22 heavy (non-hydrogen) atoms. The molecule has 0 saturated carbocycles. The van der Waals surface area contributed by atoms with Crippen molar-refractivity contribution in [3.63, 3.8) is 0 Å². The number of hydrogen-bond acceptors (Lipinski definition) is 4. The smallest absolute Gasteiger partial charge is 0.302 e. The van der Waals surface area contributed by atoms with Crippen LogP contribution in [0.3, 0.4) is 0 Å². The maximum Gasteiger partial charge on any atom is 0.302 e. The standard InChI is InChI=1S/C17H25NO4/c1-15(19)21-13-9-4-2-3-5-10-14-22-18-17(20)16-11-7-6-8-12-16/h6-8,11-12H,2-5,9-10,13-14H2,1H3,(H,18,20). The van der Waals surface area contributed by atoms with E-state index in [9.17, 15) is 9.59 Å². The van der Waals surface area contributed by atoms with E-state index in [1.54, 1.807) is 12.1 Å². The molecular weight excluding hydrogens is 282 g/mol. The van der Waals surface area contributed by atoms with Gasteiger partial charge in [-0.25, -0.2) is 5.48 Å². The van der Waals surface area contributed by atoms with Crippen LogP contribution in [0.1, 0.15) is 55.8 Å². The van der Waals surface area contributed by atoms with E-state index in [1.165, 1.54) is 6.92 Å². The SMILES string of the molecule is CC(=O)OCCCCCCCCONC(=O)c1ccccc1. The summed E-state index contributed by atoms with van der Waals surface area (Å²) in [6, 6.07) is 8.99. The third-order valence-corrected chi connectivity index (χ3v) is 3.15. The highest BCUT2D eigenvalue weighted by Gasteiger charge is 2.03. The predicted molar refractivity (Wildman–Crippen MR) is 84.2 cm³/mol. The monoisotopic (exact) mass is 307 g/mol. The summed E-state index contributed by atoms with van der Waals surface area (Å²) in [5.41, 5.74) is 3.03. The molecule has 0 aliphatic rings. The first-order chi connectivity index (χ1) is 10.7. The molecule has 5 heteroatoms. The van der Waals surface area contributed by atoms with Crippen molar-refractivity contribution < 1.29 is 19.2 Å². The molecule has 122 valence electrons. The van der Waals surface area contributed by atoms with Crippen LogP contribution in [0, 0.1) is 0 Å². The molecule has 1 rings (SSSR count). The summed E-state index contributed by atoms with van der Waals surface area (Å²) in [7, 11) is 0. The summed E-state index contributed by atoms with van der Waals surface area (Å²) in [5.74, 6) is -0.430. The van der Waals surface area contributed by atoms with Gasteiger partial charge < -0.3 is 4.74 Å². The number of ether oxygens (including phenoxy) is 1. The second kappa shape index (κ2) is 11.7. The third-order valence-electron chi connectivity index (χ3n) is 3.15. The Morgan fingerprint density at radius 1 is 0.909 bits per heavy atom. The highest BCUT2D eigenvalue weighted by atomic mass is 16.6. The molecule has 0 aliphatic carbocycles. The molecule has 0 heterocycles. The number of benzene rings is 1. The fourth-order valence-electron chi connectivity index (χ4n) is 1.96. The normalized spacial score (nSPS) is 10.2. The highest BCUT2D eigenvalue weighted by molar-refractivity contribution is 5.93. The minimum atomic E-state index is -0.217. The van der Waals surface area contributed by atoms with Gasteiger partial charge in [0.25, 0.3) is 5.91 Å². The van der Waals surface area contributed by atoms with Gasteiger partial charge >= 0.3 is 5.97 Å². The zero-order chi connectivity index (χ0) is 16.0. The lowest BCUT2D eigenvalue weighted by Crippen LogP contribution is -2.24. The van der Waals surface area contributed by atoms with Gasteiger partial charge in [0.2, 0.25) is 0 Å². The van der Waals surface area contributed by atoms with Crippen LogP contribution >= 0.6 is 0 Å². The fraction of sp³-hybridized carbons (Fsp3) is 0.529. The summed E-state index contributed by atoms with van der Waals surface area (Å²) in [5, 5.41) is 0. The van der Waals surface area contributed by atoms with Gasteiger partial charge in [-0.05, 0) is 25.0 Å². The Labute approximate surface area is 131 Å². The quantitative estimate of drug-likeness (QED) is 0.387. The molecule has 0 bridgehead atoms. The van der Waals surface area contributed by atoms with E-state index in [0.29, 0.717) is 18.8 Å². The van der Waals surface area contributed by atoms with Gasteiger partial charge in [-0.2, -0.15) is 0 Å². The molecule has 1 amide bonds. The Kier molecular flexibility index (Phi) is 9.70. The van der Waals surface area contributed by atoms with Crippen molar-refractivity contribution in [2.45, 2.75) is 45.4 Å². The maximum atomic E-state index is 11.7. The van der Waals surface area contributed by atoms with Crippen molar-refractivity contribution >= 4 is 11.9 Å². The second-order valence-corrected chi connectivity index (χ2v) is 5.11. The van der Waals surface area contributed by atoms with Crippen LogP contribution in [-0.2, 0) is 14.4 Å². The number of nitrogens with one attached hydrogen (secondary N) is 1. The first-order valence-electron chi connectivity index (χ1n) is 7.80. The summed E-state index contributed by atoms with van der Waals surface area (Å²) < 4.78 is 4.86. The first kappa shape index (κ1) is 18.2. The average molecular weight is 307 g/mol. The minimum Gasteiger partial charge on any atom is -0.466 e. The lowest BCUT2D eigenvalue weighted by molar-refractivity contribution is -0.141. The van der Waals surface area contributed by atoms with Crippen LogP contribution in [0.4, 0.5) is 0 Å². The van der Waals surface area contributed by atoms with Crippen LogP contribution in [0.15, 0.2) is 30.3 Å². The molecule has 0 saturated heterocycles. The number of hydroxylamine groups is 1. The van der Waals surface area contributed by atoms with Gasteiger partial charge in [-0.3, -0.25) is 14.4 Å². The number of unbranched alkanes of at least 4 members (excludes halogenated alkanes) is 5. The Balaban J connectivity index is 1.88. The Bertz CT molecular complexity index is 434. The highest BCUT2D eigenvalue weighted by Crippen LogP contribution is 2.05. The van der Waals surface area contributed by atoms with E-state index < -0.39 is 0 Å². The van der Waals surface area contributed by atoms with E-state index >= 15 is 0 Å². The lowest BCUT2D eigenvalue weighted by atomic mass is 10.1. The fourth-order valence-corrected chi connectivity index (χ4v) is 1.96. The van der Waals surface area contributed by atoms with Crippen LogP contribution in [0.5, 0.6) is 0 Å². The van der Waals surface area contributed by atoms with Crippen molar-refractivity contribution in [3.05, 3.63) is 35.9 Å². The lowest BCUT2D eigenvalue weighted by Gasteiger charge is -2.06. The molecule has 0 fully saturated rings. The summed E-state index contributed by atoms with van der Waals surface area (Å²) >= 11 is 0. The number of hydrogen-bond donors (Lipinski definition) is 1. The van der Waals surface area contributed by atoms with Crippen LogP contribution < -0.4 is 5.48 Å². The van der Waals surface area contributed by atoms with E-state index in [1.807, 2.05) is 18.2 Å². The molecule has 0 radical (unpaired) electrons. The largest absolute Gasteiger partial charge is 0.466 e. The Morgan fingerprint density at radius 2 is 1.50 bits per heavy atom. The molecule has 0 aromatic heterocycles. The molecule has 0 atom stereocenters. The molecule has 1 aromatic carbocycles. The maximum absolute atomic E-state index is 11.7. The van der Waals surface area contributed by atoms with E-state index in [2.05, 4.69) is 5.48 Å². The zero-order valence-electron chi connectivity index (χ0n) is 13.2. The average Bonchev–Trinajstić information content (AvgIpc) is 2.53. The minimum absolute atomic E-state index is 0.213. The number of carbonyl (C=O) groups is 2. The summed E-state index contributed by atoms with van der Waals surface area (Å²) in [6.45, 7) is 2.46. The van der Waals surface area contributed by atoms with Gasteiger partial charge in [0.15, 0.2) is 0 Å². The number of esters is 1. The molecule has 5 nitrogen and oxygen atoms in total. The van der Waals surface area contributed by atoms with Gasteiger partial charge in [0.05, 0.1) is 13.2 Å². The summed E-state index contributed by atoms with van der Waals surface area (Å²) in [6.07, 6.45) is 6.21. The van der Waals surface area contributed by atoms with Crippen molar-refractivity contribution in [2.75, 3.05) is 13.2 Å². The number of amides is 1. The zero-order valence-corrected chi connectivity index (χ0v) is 13.2. The van der Waals surface area contributed by atoms with Gasteiger partial charge in [-0.15, -0.1) is 0 Å². The van der Waals surface area contributed by atoms with Crippen molar-refractivity contribution in [1.29, 1.82) is 0 Å². The second-order valence-electron chi connectivity index (χ2n) is 5.11. The van der Waals surface area contributed by atoms with Gasteiger partial charge in [-0.1, -0.05) is 43.9 Å². The van der Waals surface area contributed by atoms with Gasteiger partial charge in [0, 0.05) is 12.5 Å². The molecule has 0 spiro atoms. The molecular formula is C17H25NO4. The van der Waals surface area contributed by atoms with E-state index in [0.717, 1.165) is 38.5 Å². The molecule has 1 aromatic rings. The molecule has 0 unspecified atom stereocenters. The van der Waals surface area contributed by atoms with Crippen LogP contribution in [0.2, 0.25) is 0 Å². The van der Waals surface area contributed by atoms with Crippen LogP contribution in [0.25, 0.3) is 0 Å². The number of carbonyl (C=O) groups excluding carboxylic acids is 2. The van der Waals surface area contributed by atoms with Crippen LogP contribution in [-0.4, -0.2) is 25.1 Å². The van der Waals surface area contributed by atoms with E-state index in [-0.39, 0.29) is 11.9 Å². The third kappa shape index (κ3) is 9.13.